The van der Waals surface area contributed by atoms with Gasteiger partial charge in [0.25, 0.3) is 0 Å². The van der Waals surface area contributed by atoms with Crippen molar-refractivity contribution >= 4 is 18.0 Å². The molecule has 0 saturated carbocycles. The second kappa shape index (κ2) is 9.49. The number of carbonyl (C=O) groups excluding carboxylic acids is 1. The van der Waals surface area contributed by atoms with E-state index in [-0.39, 0.29) is 11.7 Å². The molecule has 1 aliphatic rings. The zero-order chi connectivity index (χ0) is 21.8. The average Bonchev–Trinajstić information content (AvgIpc) is 3.10. The van der Waals surface area contributed by atoms with Crippen molar-refractivity contribution in [1.29, 1.82) is 0 Å². The molecule has 1 aliphatic heterocycles. The highest BCUT2D eigenvalue weighted by Crippen LogP contribution is 2.23. The Bertz CT molecular complexity index is 1110. The van der Waals surface area contributed by atoms with Gasteiger partial charge in [-0.15, -0.1) is 6.58 Å². The summed E-state index contributed by atoms with van der Waals surface area (Å²) in [5.74, 6) is 1.13. The summed E-state index contributed by atoms with van der Waals surface area (Å²) < 4.78 is 4.51. The highest BCUT2D eigenvalue weighted by atomic mass is 32.1. The molecule has 4 rings (SSSR count). The van der Waals surface area contributed by atoms with Gasteiger partial charge in [-0.2, -0.15) is 5.10 Å². The van der Waals surface area contributed by atoms with Crippen LogP contribution in [0.25, 0.3) is 11.4 Å². The van der Waals surface area contributed by atoms with Gasteiger partial charge in [0.15, 0.2) is 16.4 Å². The summed E-state index contributed by atoms with van der Waals surface area (Å²) in [6.07, 6.45) is 7.06. The van der Waals surface area contributed by atoms with Gasteiger partial charge in [0.2, 0.25) is 0 Å². The fraction of sp³-hybridized carbons (Fsp3) is 0.333. The molecule has 1 fully saturated rings. The number of likely N-dealkylation sites (tertiary alicyclic amines) is 1. The van der Waals surface area contributed by atoms with Crippen LogP contribution in [0.4, 0.5) is 0 Å². The zero-order valence-corrected chi connectivity index (χ0v) is 18.6. The standard InChI is InChI=1S/C24H27N5OS/c1-3-13-28-23(21-5-4-12-25-16-21)26-29(24(28)31)17-27-14-10-20(11-15-27)22(30)19-8-6-18(2)7-9-19/h3-9,12,16,20H,1,10-11,13-15,17H2,2H3. The van der Waals surface area contributed by atoms with Gasteiger partial charge in [0.05, 0.1) is 6.67 Å². The predicted molar refractivity (Wildman–Crippen MR) is 124 cm³/mol. The molecule has 0 spiro atoms. The van der Waals surface area contributed by atoms with E-state index in [4.69, 9.17) is 17.3 Å². The molecule has 1 aromatic carbocycles. The average molecular weight is 434 g/mol. The molecule has 3 aromatic rings. The number of aryl methyl sites for hydroxylation is 1. The molecule has 0 bridgehead atoms. The smallest absolute Gasteiger partial charge is 0.199 e. The van der Waals surface area contributed by atoms with Gasteiger partial charge in [-0.1, -0.05) is 35.9 Å². The number of allylic oxidation sites excluding steroid dienone is 1. The second-order valence-corrected chi connectivity index (χ2v) is 8.38. The number of nitrogens with zero attached hydrogens (tertiary/aromatic N) is 5. The third-order valence-corrected chi connectivity index (χ3v) is 6.21. The topological polar surface area (TPSA) is 56.0 Å². The van der Waals surface area contributed by atoms with Crippen LogP contribution in [0.15, 0.2) is 61.4 Å². The number of benzene rings is 1. The fourth-order valence-corrected chi connectivity index (χ4v) is 4.27. The number of aromatic nitrogens is 4. The van der Waals surface area contributed by atoms with Crippen LogP contribution >= 0.6 is 12.2 Å². The third-order valence-electron chi connectivity index (χ3n) is 5.78. The molecule has 0 amide bonds. The molecule has 0 aliphatic carbocycles. The molecule has 3 heterocycles. The van der Waals surface area contributed by atoms with Crippen LogP contribution in [0.5, 0.6) is 0 Å². The van der Waals surface area contributed by atoms with E-state index in [0.717, 1.165) is 42.9 Å². The Balaban J connectivity index is 1.45. The summed E-state index contributed by atoms with van der Waals surface area (Å²) in [6.45, 7) is 8.79. The van der Waals surface area contributed by atoms with Crippen molar-refractivity contribution in [1.82, 2.24) is 24.2 Å². The summed E-state index contributed by atoms with van der Waals surface area (Å²) in [5.41, 5.74) is 2.91. The van der Waals surface area contributed by atoms with Crippen LogP contribution in [0.3, 0.4) is 0 Å². The highest BCUT2D eigenvalue weighted by molar-refractivity contribution is 7.71. The van der Waals surface area contributed by atoms with Crippen molar-refractivity contribution in [3.63, 3.8) is 0 Å². The zero-order valence-electron chi connectivity index (χ0n) is 17.8. The van der Waals surface area contributed by atoms with Crippen molar-refractivity contribution in [3.8, 4) is 11.4 Å². The van der Waals surface area contributed by atoms with Crippen LogP contribution in [-0.4, -0.2) is 43.1 Å². The minimum absolute atomic E-state index is 0.0798. The van der Waals surface area contributed by atoms with Gasteiger partial charge in [-0.05, 0) is 44.1 Å². The molecule has 0 N–H and O–H groups in total. The van der Waals surface area contributed by atoms with Gasteiger partial charge in [0, 0.05) is 49.1 Å². The first-order valence-electron chi connectivity index (χ1n) is 10.6. The molecule has 7 heteroatoms. The molecule has 0 unspecified atom stereocenters. The van der Waals surface area contributed by atoms with Crippen molar-refractivity contribution in [2.45, 2.75) is 33.0 Å². The van der Waals surface area contributed by atoms with Crippen LogP contribution in [0.2, 0.25) is 0 Å². The molecule has 31 heavy (non-hydrogen) atoms. The first kappa shape index (κ1) is 21.3. The number of piperidine rings is 1. The minimum Gasteiger partial charge on any atom is -0.296 e. The van der Waals surface area contributed by atoms with E-state index in [2.05, 4.69) is 16.5 Å². The monoisotopic (exact) mass is 433 g/mol. The summed E-state index contributed by atoms with van der Waals surface area (Å²) in [6, 6.07) is 11.8. The van der Waals surface area contributed by atoms with Crippen molar-refractivity contribution in [3.05, 3.63) is 77.3 Å². The van der Waals surface area contributed by atoms with E-state index in [1.54, 1.807) is 12.4 Å². The Hall–Kier alpha value is -2.90. The molecular formula is C24H27N5OS. The molecular weight excluding hydrogens is 406 g/mol. The van der Waals surface area contributed by atoms with Crippen molar-refractivity contribution in [2.75, 3.05) is 13.1 Å². The molecule has 6 nitrogen and oxygen atoms in total. The largest absolute Gasteiger partial charge is 0.296 e. The summed E-state index contributed by atoms with van der Waals surface area (Å²) in [7, 11) is 0. The number of carbonyl (C=O) groups is 1. The van der Waals surface area contributed by atoms with Gasteiger partial charge in [-0.25, -0.2) is 4.68 Å². The van der Waals surface area contributed by atoms with E-state index in [0.29, 0.717) is 18.0 Å². The van der Waals surface area contributed by atoms with Crippen molar-refractivity contribution in [2.24, 2.45) is 5.92 Å². The van der Waals surface area contributed by atoms with E-state index >= 15 is 0 Å². The van der Waals surface area contributed by atoms with Crippen molar-refractivity contribution < 1.29 is 4.79 Å². The normalized spacial score (nSPS) is 15.1. The number of hydrogen-bond acceptors (Lipinski definition) is 5. The number of ketones is 1. The summed E-state index contributed by atoms with van der Waals surface area (Å²) in [4.78, 5) is 19.4. The minimum atomic E-state index is 0.0798. The third kappa shape index (κ3) is 4.73. The fourth-order valence-electron chi connectivity index (χ4n) is 4.01. The van der Waals surface area contributed by atoms with E-state index in [1.165, 1.54) is 5.56 Å². The van der Waals surface area contributed by atoms with Crippen LogP contribution in [0.1, 0.15) is 28.8 Å². The van der Waals surface area contributed by atoms with Gasteiger partial charge in [-0.3, -0.25) is 19.2 Å². The SMILES string of the molecule is C=CCn1c(-c2cccnc2)nn(CN2CCC(C(=O)c3ccc(C)cc3)CC2)c1=S. The Morgan fingerprint density at radius 1 is 1.23 bits per heavy atom. The molecule has 1 saturated heterocycles. The van der Waals surface area contributed by atoms with Gasteiger partial charge >= 0.3 is 0 Å². The lowest BCUT2D eigenvalue weighted by atomic mass is 9.89. The Labute approximate surface area is 187 Å². The molecule has 0 atom stereocenters. The Kier molecular flexibility index (Phi) is 6.53. The Morgan fingerprint density at radius 3 is 2.61 bits per heavy atom. The lowest BCUT2D eigenvalue weighted by Crippen LogP contribution is -2.37. The van der Waals surface area contributed by atoms with Gasteiger partial charge < -0.3 is 0 Å². The van der Waals surface area contributed by atoms with E-state index in [1.807, 2.05) is 58.6 Å². The van der Waals surface area contributed by atoms with Crippen LogP contribution in [-0.2, 0) is 13.2 Å². The lowest BCUT2D eigenvalue weighted by Gasteiger charge is -2.30. The highest BCUT2D eigenvalue weighted by Gasteiger charge is 2.26. The summed E-state index contributed by atoms with van der Waals surface area (Å²) in [5, 5.41) is 4.78. The molecule has 0 radical (unpaired) electrons. The maximum atomic E-state index is 12.8. The van der Waals surface area contributed by atoms with Gasteiger partial charge in [0.1, 0.15) is 0 Å². The Morgan fingerprint density at radius 2 is 1.97 bits per heavy atom. The number of pyridine rings is 1. The maximum Gasteiger partial charge on any atom is 0.199 e. The lowest BCUT2D eigenvalue weighted by molar-refractivity contribution is 0.0803. The number of rotatable bonds is 7. The number of Topliss-reactive ketones (excluding diaryl/α,β-unsaturated/α-hetero) is 1. The number of hydrogen-bond donors (Lipinski definition) is 0. The maximum absolute atomic E-state index is 12.8. The summed E-state index contributed by atoms with van der Waals surface area (Å²) >= 11 is 5.70. The first-order chi connectivity index (χ1) is 15.1. The van der Waals surface area contributed by atoms with E-state index < -0.39 is 0 Å². The molecule has 160 valence electrons. The quantitative estimate of drug-likeness (QED) is 0.311. The van der Waals surface area contributed by atoms with E-state index in [9.17, 15) is 4.79 Å². The molecule has 2 aromatic heterocycles. The predicted octanol–water partition coefficient (Wildman–Crippen LogP) is 4.52. The second-order valence-electron chi connectivity index (χ2n) is 8.01. The van der Waals surface area contributed by atoms with Crippen LogP contribution in [0, 0.1) is 17.6 Å². The first-order valence-corrected chi connectivity index (χ1v) is 11.0. The van der Waals surface area contributed by atoms with Crippen LogP contribution < -0.4 is 0 Å².